The van der Waals surface area contributed by atoms with E-state index in [1.165, 1.54) is 0 Å². The molecule has 1 aromatic heterocycles. The number of piperidine rings is 1. The van der Waals surface area contributed by atoms with Gasteiger partial charge in [0.1, 0.15) is 0 Å². The summed E-state index contributed by atoms with van der Waals surface area (Å²) in [5.41, 5.74) is 7.10. The van der Waals surface area contributed by atoms with Gasteiger partial charge in [-0.25, -0.2) is 4.79 Å². The van der Waals surface area contributed by atoms with E-state index in [0.717, 1.165) is 0 Å². The zero-order chi connectivity index (χ0) is 18.7. The minimum Gasteiger partial charge on any atom is -0.452 e. The number of aryl methyl sites for hydroxylation is 1. The Morgan fingerprint density at radius 2 is 1.92 bits per heavy atom. The number of nitrogens with zero attached hydrogens (tertiary/aromatic N) is 2. The lowest BCUT2D eigenvalue weighted by Gasteiger charge is -2.30. The van der Waals surface area contributed by atoms with Crippen LogP contribution in [0.2, 0.25) is 0 Å². The number of pyridine rings is 1. The van der Waals surface area contributed by atoms with Gasteiger partial charge in [0, 0.05) is 30.1 Å². The first-order valence-electron chi connectivity index (χ1n) is 8.56. The average molecular weight is 355 g/mol. The van der Waals surface area contributed by atoms with Gasteiger partial charge in [-0.05, 0) is 31.9 Å². The van der Waals surface area contributed by atoms with Crippen molar-refractivity contribution in [3.05, 3.63) is 41.6 Å². The summed E-state index contributed by atoms with van der Waals surface area (Å²) in [5, 5.41) is 0.692. The van der Waals surface area contributed by atoms with Crippen LogP contribution < -0.4 is 5.73 Å². The van der Waals surface area contributed by atoms with Crippen LogP contribution in [0, 0.1) is 12.8 Å². The predicted molar refractivity (Wildman–Crippen MR) is 95.3 cm³/mol. The van der Waals surface area contributed by atoms with E-state index in [1.807, 2.05) is 18.2 Å². The fraction of sp³-hybridized carbons (Fsp3) is 0.368. The lowest BCUT2D eigenvalue weighted by atomic mass is 9.96. The molecule has 2 heterocycles. The molecule has 7 nitrogen and oxygen atoms in total. The molecule has 0 unspecified atom stereocenters. The molecule has 136 valence electrons. The number of esters is 1. The first-order valence-corrected chi connectivity index (χ1v) is 8.56. The first-order chi connectivity index (χ1) is 12.5. The molecule has 0 aliphatic carbocycles. The number of aromatic nitrogens is 1. The summed E-state index contributed by atoms with van der Waals surface area (Å²) in [4.78, 5) is 41.9. The van der Waals surface area contributed by atoms with Crippen molar-refractivity contribution >= 4 is 28.7 Å². The van der Waals surface area contributed by atoms with Crippen molar-refractivity contribution < 1.29 is 19.1 Å². The number of hydrogen-bond donors (Lipinski definition) is 1. The van der Waals surface area contributed by atoms with Crippen molar-refractivity contribution in [2.45, 2.75) is 19.8 Å². The number of nitrogens with two attached hydrogens (primary N) is 1. The normalized spacial score (nSPS) is 15.0. The molecule has 26 heavy (non-hydrogen) atoms. The van der Waals surface area contributed by atoms with Gasteiger partial charge in [0.15, 0.2) is 6.61 Å². The Hall–Kier alpha value is -2.96. The molecule has 2 aromatic rings. The van der Waals surface area contributed by atoms with Gasteiger partial charge in [-0.1, -0.05) is 18.2 Å². The number of carbonyl (C=O) groups is 3. The summed E-state index contributed by atoms with van der Waals surface area (Å²) in [7, 11) is 0. The predicted octanol–water partition coefficient (Wildman–Crippen LogP) is 1.42. The quantitative estimate of drug-likeness (QED) is 0.836. The standard InChI is InChI=1S/C19H21N3O4/c1-12-10-15(14-4-2-3-5-16(14)21-12)19(25)26-11-17(23)22-8-6-13(7-9-22)18(20)24/h2-5,10,13H,6-9,11H2,1H3,(H2,20,24). The summed E-state index contributed by atoms with van der Waals surface area (Å²) >= 11 is 0. The Balaban J connectivity index is 1.63. The molecule has 1 aromatic carbocycles. The van der Waals surface area contributed by atoms with Crippen molar-refractivity contribution in [3.63, 3.8) is 0 Å². The smallest absolute Gasteiger partial charge is 0.339 e. The highest BCUT2D eigenvalue weighted by molar-refractivity contribution is 6.04. The maximum Gasteiger partial charge on any atom is 0.339 e. The van der Waals surface area contributed by atoms with E-state index >= 15 is 0 Å². The van der Waals surface area contributed by atoms with E-state index in [1.54, 1.807) is 24.0 Å². The molecule has 1 aliphatic rings. The molecule has 2 N–H and O–H groups in total. The topological polar surface area (TPSA) is 103 Å². The van der Waals surface area contributed by atoms with Gasteiger partial charge in [-0.2, -0.15) is 0 Å². The molecule has 0 spiro atoms. The van der Waals surface area contributed by atoms with Crippen LogP contribution in [0.5, 0.6) is 0 Å². The Labute approximate surface area is 151 Å². The maximum absolute atomic E-state index is 12.5. The second-order valence-corrected chi connectivity index (χ2v) is 6.46. The van der Waals surface area contributed by atoms with Crippen molar-refractivity contribution in [2.75, 3.05) is 19.7 Å². The molecule has 3 rings (SSSR count). The van der Waals surface area contributed by atoms with Crippen LogP contribution in [0.15, 0.2) is 30.3 Å². The van der Waals surface area contributed by atoms with Crippen molar-refractivity contribution in [3.8, 4) is 0 Å². The third-order valence-corrected chi connectivity index (χ3v) is 4.64. The summed E-state index contributed by atoms with van der Waals surface area (Å²) in [6.07, 6.45) is 1.09. The van der Waals surface area contributed by atoms with Crippen molar-refractivity contribution in [1.29, 1.82) is 0 Å². The van der Waals surface area contributed by atoms with Gasteiger partial charge in [0.2, 0.25) is 5.91 Å². The van der Waals surface area contributed by atoms with Crippen LogP contribution in [-0.4, -0.2) is 47.4 Å². The summed E-state index contributed by atoms with van der Waals surface area (Å²) in [6.45, 7) is 2.37. The minimum absolute atomic E-state index is 0.187. The van der Waals surface area contributed by atoms with E-state index in [9.17, 15) is 14.4 Å². The van der Waals surface area contributed by atoms with Gasteiger partial charge in [0.25, 0.3) is 5.91 Å². The number of para-hydroxylation sites is 1. The molecular formula is C19H21N3O4. The average Bonchev–Trinajstić information content (AvgIpc) is 2.65. The molecule has 0 atom stereocenters. The number of ether oxygens (including phenoxy) is 1. The van der Waals surface area contributed by atoms with Gasteiger partial charge >= 0.3 is 5.97 Å². The molecule has 2 amide bonds. The van der Waals surface area contributed by atoms with Crippen LogP contribution in [0.25, 0.3) is 10.9 Å². The van der Waals surface area contributed by atoms with Crippen LogP contribution >= 0.6 is 0 Å². The van der Waals surface area contributed by atoms with Crippen LogP contribution in [0.3, 0.4) is 0 Å². The van der Waals surface area contributed by atoms with E-state index < -0.39 is 5.97 Å². The number of primary amides is 1. The lowest BCUT2D eigenvalue weighted by molar-refractivity contribution is -0.137. The van der Waals surface area contributed by atoms with Crippen LogP contribution in [-0.2, 0) is 14.3 Å². The van der Waals surface area contributed by atoms with Gasteiger partial charge in [-0.3, -0.25) is 14.6 Å². The van der Waals surface area contributed by atoms with Crippen molar-refractivity contribution in [1.82, 2.24) is 9.88 Å². The van der Waals surface area contributed by atoms with E-state index in [2.05, 4.69) is 4.98 Å². The number of fused-ring (bicyclic) bond motifs is 1. The molecule has 0 bridgehead atoms. The molecule has 7 heteroatoms. The number of amides is 2. The second kappa shape index (κ2) is 7.51. The molecule has 0 radical (unpaired) electrons. The zero-order valence-electron chi connectivity index (χ0n) is 14.6. The summed E-state index contributed by atoms with van der Waals surface area (Å²) in [5.74, 6) is -1.33. The van der Waals surface area contributed by atoms with Crippen molar-refractivity contribution in [2.24, 2.45) is 11.7 Å². The maximum atomic E-state index is 12.5. The lowest BCUT2D eigenvalue weighted by Crippen LogP contribution is -2.43. The molecular weight excluding hydrogens is 334 g/mol. The summed E-state index contributed by atoms with van der Waals surface area (Å²) in [6, 6.07) is 8.96. The summed E-state index contributed by atoms with van der Waals surface area (Å²) < 4.78 is 5.23. The fourth-order valence-electron chi connectivity index (χ4n) is 3.19. The number of likely N-dealkylation sites (tertiary alicyclic amines) is 1. The number of rotatable bonds is 4. The molecule has 1 fully saturated rings. The minimum atomic E-state index is -0.549. The van der Waals surface area contributed by atoms with Gasteiger partial charge < -0.3 is 15.4 Å². The third-order valence-electron chi connectivity index (χ3n) is 4.64. The highest BCUT2D eigenvalue weighted by Gasteiger charge is 2.26. The highest BCUT2D eigenvalue weighted by Crippen LogP contribution is 2.20. The number of benzene rings is 1. The van der Waals surface area contributed by atoms with Crippen LogP contribution in [0.4, 0.5) is 0 Å². The Morgan fingerprint density at radius 1 is 1.23 bits per heavy atom. The molecule has 1 saturated heterocycles. The van der Waals surface area contributed by atoms with Crippen LogP contribution in [0.1, 0.15) is 28.9 Å². The molecule has 0 saturated carbocycles. The Bertz CT molecular complexity index is 857. The van der Waals surface area contributed by atoms with E-state index in [-0.39, 0.29) is 24.3 Å². The van der Waals surface area contributed by atoms with Gasteiger partial charge in [-0.15, -0.1) is 0 Å². The van der Waals surface area contributed by atoms with Gasteiger partial charge in [0.05, 0.1) is 11.1 Å². The fourth-order valence-corrected chi connectivity index (χ4v) is 3.19. The third kappa shape index (κ3) is 3.82. The SMILES string of the molecule is Cc1cc(C(=O)OCC(=O)N2CCC(C(N)=O)CC2)c2ccccc2n1. The molecule has 1 aliphatic heterocycles. The first kappa shape index (κ1) is 17.8. The zero-order valence-corrected chi connectivity index (χ0v) is 14.6. The Kier molecular flexibility index (Phi) is 5.16. The number of carbonyl (C=O) groups excluding carboxylic acids is 3. The highest BCUT2D eigenvalue weighted by atomic mass is 16.5. The monoisotopic (exact) mass is 355 g/mol. The Morgan fingerprint density at radius 3 is 2.62 bits per heavy atom. The second-order valence-electron chi connectivity index (χ2n) is 6.46. The largest absolute Gasteiger partial charge is 0.452 e. The van der Waals surface area contributed by atoms with E-state index in [4.69, 9.17) is 10.5 Å². The number of hydrogen-bond acceptors (Lipinski definition) is 5. The van der Waals surface area contributed by atoms with E-state index in [0.29, 0.717) is 48.1 Å².